The van der Waals surface area contributed by atoms with E-state index in [1.807, 2.05) is 32.9 Å². The molecule has 64 valence electrons. The third-order valence-electron chi connectivity index (χ3n) is 1.89. The van der Waals surface area contributed by atoms with Crippen LogP contribution in [0.4, 0.5) is 0 Å². The minimum Gasteiger partial charge on any atom is -0.481 e. The van der Waals surface area contributed by atoms with Crippen LogP contribution in [0.15, 0.2) is 12.2 Å². The second kappa shape index (κ2) is 4.94. The molecule has 0 heterocycles. The van der Waals surface area contributed by atoms with E-state index in [4.69, 9.17) is 5.11 Å². The van der Waals surface area contributed by atoms with Gasteiger partial charge in [-0.1, -0.05) is 26.0 Å². The zero-order chi connectivity index (χ0) is 8.85. The lowest BCUT2D eigenvalue weighted by molar-refractivity contribution is -0.138. The lowest BCUT2D eigenvalue weighted by Crippen LogP contribution is -2.10. The first-order valence-corrected chi connectivity index (χ1v) is 3.92. The van der Waals surface area contributed by atoms with Crippen LogP contribution in [0.3, 0.4) is 0 Å². The summed E-state index contributed by atoms with van der Waals surface area (Å²) in [6.07, 6.45) is 4.25. The van der Waals surface area contributed by atoms with E-state index in [9.17, 15) is 4.79 Å². The number of carboxylic acid groups (broad SMARTS) is 1. The van der Waals surface area contributed by atoms with Crippen molar-refractivity contribution >= 4 is 5.97 Å². The molecule has 0 aliphatic rings. The van der Waals surface area contributed by atoms with Gasteiger partial charge < -0.3 is 5.11 Å². The molecule has 0 rings (SSSR count). The van der Waals surface area contributed by atoms with Crippen LogP contribution in [0.25, 0.3) is 0 Å². The lowest BCUT2D eigenvalue weighted by atomic mass is 9.93. The number of hydrogen-bond donors (Lipinski definition) is 1. The highest BCUT2D eigenvalue weighted by atomic mass is 16.4. The van der Waals surface area contributed by atoms with E-state index >= 15 is 0 Å². The van der Waals surface area contributed by atoms with Gasteiger partial charge in [0.05, 0.1) is 0 Å². The maximum atomic E-state index is 10.3. The van der Waals surface area contributed by atoms with Crippen molar-refractivity contribution in [3.63, 3.8) is 0 Å². The Morgan fingerprint density at radius 2 is 2.09 bits per heavy atom. The zero-order valence-electron chi connectivity index (χ0n) is 7.37. The summed E-state index contributed by atoms with van der Waals surface area (Å²) in [5, 5.41) is 8.48. The fraction of sp³-hybridized carbons (Fsp3) is 0.667. The molecule has 0 aromatic carbocycles. The van der Waals surface area contributed by atoms with E-state index in [2.05, 4.69) is 0 Å². The molecule has 0 aliphatic heterocycles. The van der Waals surface area contributed by atoms with Crippen molar-refractivity contribution in [2.75, 3.05) is 0 Å². The van der Waals surface area contributed by atoms with Crippen molar-refractivity contribution < 1.29 is 9.90 Å². The second-order valence-electron chi connectivity index (χ2n) is 2.96. The summed E-state index contributed by atoms with van der Waals surface area (Å²) in [5.74, 6) is -0.131. The molecule has 0 aromatic rings. The molecule has 0 spiro atoms. The monoisotopic (exact) mass is 156 g/mol. The highest BCUT2D eigenvalue weighted by molar-refractivity contribution is 5.67. The minimum absolute atomic E-state index is 0.226. The normalized spacial score (nSPS) is 16.6. The number of rotatable bonds is 4. The summed E-state index contributed by atoms with van der Waals surface area (Å²) >= 11 is 0. The third-order valence-corrected chi connectivity index (χ3v) is 1.89. The quantitative estimate of drug-likeness (QED) is 0.634. The first kappa shape index (κ1) is 10.2. The molecule has 2 atom stereocenters. The molecule has 2 nitrogen and oxygen atoms in total. The van der Waals surface area contributed by atoms with Gasteiger partial charge in [-0.15, -0.1) is 0 Å². The predicted octanol–water partition coefficient (Wildman–Crippen LogP) is 2.31. The van der Waals surface area contributed by atoms with Crippen LogP contribution in [0.5, 0.6) is 0 Å². The van der Waals surface area contributed by atoms with Gasteiger partial charge in [0.1, 0.15) is 0 Å². The molecule has 2 unspecified atom stereocenters. The number of hydrogen-bond acceptors (Lipinski definition) is 1. The van der Waals surface area contributed by atoms with Crippen molar-refractivity contribution in [1.29, 1.82) is 0 Å². The molecule has 0 aliphatic carbocycles. The summed E-state index contributed by atoms with van der Waals surface area (Å²) in [6.45, 7) is 5.94. The van der Waals surface area contributed by atoms with E-state index in [0.717, 1.165) is 0 Å². The number of carboxylic acids is 1. The lowest BCUT2D eigenvalue weighted by Gasteiger charge is -2.13. The first-order valence-electron chi connectivity index (χ1n) is 3.92. The van der Waals surface area contributed by atoms with Crippen molar-refractivity contribution in [3.8, 4) is 0 Å². The van der Waals surface area contributed by atoms with Crippen molar-refractivity contribution in [2.24, 2.45) is 11.8 Å². The van der Waals surface area contributed by atoms with Gasteiger partial charge in [0.25, 0.3) is 0 Å². The van der Waals surface area contributed by atoms with Gasteiger partial charge in [-0.05, 0) is 18.8 Å². The summed E-state index contributed by atoms with van der Waals surface area (Å²) in [6, 6.07) is 0. The van der Waals surface area contributed by atoms with E-state index in [0.29, 0.717) is 5.92 Å². The summed E-state index contributed by atoms with van der Waals surface area (Å²) in [4.78, 5) is 10.3. The van der Waals surface area contributed by atoms with Gasteiger partial charge >= 0.3 is 5.97 Å². The summed E-state index contributed by atoms with van der Waals surface area (Å²) in [5.41, 5.74) is 0. The Labute approximate surface area is 67.9 Å². The molecular weight excluding hydrogens is 140 g/mol. The number of carbonyl (C=O) groups is 1. The molecular formula is C9H16O2. The molecule has 0 radical (unpaired) electrons. The van der Waals surface area contributed by atoms with Crippen LogP contribution in [-0.2, 0) is 4.79 Å². The minimum atomic E-state index is -0.714. The molecule has 11 heavy (non-hydrogen) atoms. The van der Waals surface area contributed by atoms with Crippen molar-refractivity contribution in [1.82, 2.24) is 0 Å². The molecule has 1 N–H and O–H groups in total. The van der Waals surface area contributed by atoms with E-state index in [-0.39, 0.29) is 12.3 Å². The average Bonchev–Trinajstić information content (AvgIpc) is 1.86. The topological polar surface area (TPSA) is 37.3 Å². The Bertz CT molecular complexity index is 150. The second-order valence-corrected chi connectivity index (χ2v) is 2.96. The molecule has 2 heteroatoms. The number of aliphatic carboxylic acids is 1. The van der Waals surface area contributed by atoms with E-state index in [1.165, 1.54) is 0 Å². The average molecular weight is 156 g/mol. The van der Waals surface area contributed by atoms with Crippen molar-refractivity contribution in [2.45, 2.75) is 27.2 Å². The Balaban J connectivity index is 3.81. The molecule has 0 amide bonds. The Kier molecular flexibility index (Phi) is 4.59. The smallest absolute Gasteiger partial charge is 0.303 e. The van der Waals surface area contributed by atoms with Gasteiger partial charge in [0.15, 0.2) is 0 Å². The standard InChI is InChI=1S/C9H16O2/c1-4-5-7(2)8(3)6-9(10)11/h4-5,7-8H,6H2,1-3H3,(H,10,11)/b5-4+. The van der Waals surface area contributed by atoms with Crippen LogP contribution < -0.4 is 0 Å². The van der Waals surface area contributed by atoms with Gasteiger partial charge in [-0.25, -0.2) is 0 Å². The molecule has 0 aromatic heterocycles. The van der Waals surface area contributed by atoms with Crippen LogP contribution in [-0.4, -0.2) is 11.1 Å². The third kappa shape index (κ3) is 4.59. The molecule has 0 saturated carbocycles. The van der Waals surface area contributed by atoms with Gasteiger partial charge in [-0.2, -0.15) is 0 Å². The first-order chi connectivity index (χ1) is 5.07. The number of allylic oxidation sites excluding steroid dienone is 2. The predicted molar refractivity (Wildman–Crippen MR) is 45.4 cm³/mol. The van der Waals surface area contributed by atoms with E-state index in [1.54, 1.807) is 0 Å². The highest BCUT2D eigenvalue weighted by Gasteiger charge is 2.12. The Morgan fingerprint density at radius 3 is 2.45 bits per heavy atom. The molecule has 0 bridgehead atoms. The van der Waals surface area contributed by atoms with Crippen LogP contribution in [0, 0.1) is 11.8 Å². The zero-order valence-corrected chi connectivity index (χ0v) is 7.37. The fourth-order valence-electron chi connectivity index (χ4n) is 0.955. The van der Waals surface area contributed by atoms with Crippen LogP contribution >= 0.6 is 0 Å². The highest BCUT2D eigenvalue weighted by Crippen LogP contribution is 2.15. The summed E-state index contributed by atoms with van der Waals surface area (Å²) < 4.78 is 0. The van der Waals surface area contributed by atoms with Gasteiger partial charge in [-0.3, -0.25) is 4.79 Å². The van der Waals surface area contributed by atoms with Crippen LogP contribution in [0.2, 0.25) is 0 Å². The largest absolute Gasteiger partial charge is 0.481 e. The fourth-order valence-corrected chi connectivity index (χ4v) is 0.955. The van der Waals surface area contributed by atoms with Crippen molar-refractivity contribution in [3.05, 3.63) is 12.2 Å². The maximum Gasteiger partial charge on any atom is 0.303 e. The Hall–Kier alpha value is -0.790. The SMILES string of the molecule is C/C=C/C(C)C(C)CC(=O)O. The summed E-state index contributed by atoms with van der Waals surface area (Å²) in [7, 11) is 0. The molecule has 0 fully saturated rings. The van der Waals surface area contributed by atoms with Gasteiger partial charge in [0, 0.05) is 6.42 Å². The van der Waals surface area contributed by atoms with Crippen LogP contribution in [0.1, 0.15) is 27.2 Å². The van der Waals surface area contributed by atoms with Gasteiger partial charge in [0.2, 0.25) is 0 Å². The Morgan fingerprint density at radius 1 is 1.55 bits per heavy atom. The van der Waals surface area contributed by atoms with E-state index < -0.39 is 5.97 Å². The maximum absolute atomic E-state index is 10.3. The molecule has 0 saturated heterocycles.